The monoisotopic (exact) mass is 448 g/mol. The molecule has 3 aromatic heterocycles. The highest BCUT2D eigenvalue weighted by molar-refractivity contribution is 7.19. The summed E-state index contributed by atoms with van der Waals surface area (Å²) in [7, 11) is 0. The molecule has 0 fully saturated rings. The molecule has 3 heterocycles. The predicted octanol–water partition coefficient (Wildman–Crippen LogP) is 5.56. The molecule has 0 radical (unpaired) electrons. The van der Waals surface area contributed by atoms with Gasteiger partial charge in [-0.05, 0) is 31.2 Å². The van der Waals surface area contributed by atoms with Gasteiger partial charge in [0.1, 0.15) is 15.7 Å². The summed E-state index contributed by atoms with van der Waals surface area (Å²) in [4.78, 5) is 23.3. The van der Waals surface area contributed by atoms with Crippen LogP contribution >= 0.6 is 22.7 Å². The minimum Gasteiger partial charge on any atom is -0.346 e. The number of nitrogens with zero attached hydrogens (tertiary/aromatic N) is 3. The first-order valence-electron chi connectivity index (χ1n) is 9.61. The molecule has 5 rings (SSSR count). The highest BCUT2D eigenvalue weighted by Gasteiger charge is 2.18. The topological polar surface area (TPSA) is 59.3 Å². The van der Waals surface area contributed by atoms with E-state index in [2.05, 4.69) is 15.3 Å². The predicted molar refractivity (Wildman–Crippen MR) is 122 cm³/mol. The maximum atomic E-state index is 13.2. The van der Waals surface area contributed by atoms with Crippen molar-refractivity contribution in [2.75, 3.05) is 0 Å². The fraction of sp³-hybridized carbons (Fsp3) is 0.0870. The lowest BCUT2D eigenvalue weighted by atomic mass is 10.2. The molecule has 5 aromatic rings. The van der Waals surface area contributed by atoms with Gasteiger partial charge in [0.15, 0.2) is 4.96 Å². The Morgan fingerprint density at radius 1 is 1.06 bits per heavy atom. The smallest absolute Gasteiger partial charge is 0.263 e. The van der Waals surface area contributed by atoms with Crippen molar-refractivity contribution < 1.29 is 9.18 Å². The molecule has 0 aliphatic heterocycles. The number of nitrogens with one attached hydrogen (secondary N) is 1. The van der Waals surface area contributed by atoms with Crippen molar-refractivity contribution in [2.24, 2.45) is 0 Å². The average molecular weight is 449 g/mol. The van der Waals surface area contributed by atoms with Crippen LogP contribution in [0.4, 0.5) is 4.39 Å². The van der Waals surface area contributed by atoms with E-state index in [9.17, 15) is 9.18 Å². The van der Waals surface area contributed by atoms with Crippen LogP contribution in [0.2, 0.25) is 0 Å². The molecule has 0 bridgehead atoms. The number of aromatic nitrogens is 3. The van der Waals surface area contributed by atoms with E-state index in [0.29, 0.717) is 11.4 Å². The molecule has 0 spiro atoms. The Morgan fingerprint density at radius 3 is 2.58 bits per heavy atom. The van der Waals surface area contributed by atoms with Gasteiger partial charge in [0.05, 0.1) is 17.9 Å². The maximum Gasteiger partial charge on any atom is 0.263 e. The van der Waals surface area contributed by atoms with E-state index in [1.807, 2.05) is 53.2 Å². The van der Waals surface area contributed by atoms with E-state index >= 15 is 0 Å². The molecule has 0 atom stereocenters. The third-order valence-electron chi connectivity index (χ3n) is 4.91. The Balaban J connectivity index is 1.31. The molecule has 31 heavy (non-hydrogen) atoms. The standard InChI is InChI=1S/C23H17FN4OS2/c1-14-20(31-23-27-19(12-28(14)23)15-7-9-17(24)10-8-15)21(29)25-11-18-13-30-22(26-18)16-5-3-2-4-6-16/h2-10,12-13H,11H2,1H3,(H,25,29). The number of rotatable bonds is 5. The third kappa shape index (κ3) is 3.87. The summed E-state index contributed by atoms with van der Waals surface area (Å²) >= 11 is 2.90. The van der Waals surface area contributed by atoms with Crippen molar-refractivity contribution >= 4 is 33.5 Å². The number of hydrogen-bond acceptors (Lipinski definition) is 5. The second kappa shape index (κ2) is 8.05. The van der Waals surface area contributed by atoms with Crippen LogP contribution in [0, 0.1) is 12.7 Å². The van der Waals surface area contributed by atoms with Crippen LogP contribution in [-0.4, -0.2) is 20.3 Å². The highest BCUT2D eigenvalue weighted by Crippen LogP contribution is 2.28. The van der Waals surface area contributed by atoms with Crippen LogP contribution in [0.25, 0.3) is 26.8 Å². The number of imidazole rings is 1. The quantitative estimate of drug-likeness (QED) is 0.383. The lowest BCUT2D eigenvalue weighted by molar-refractivity contribution is 0.0953. The molecule has 1 amide bonds. The molecule has 0 saturated heterocycles. The number of amides is 1. The number of fused-ring (bicyclic) bond motifs is 1. The van der Waals surface area contributed by atoms with Gasteiger partial charge >= 0.3 is 0 Å². The fourth-order valence-corrected chi connectivity index (χ4v) is 5.12. The third-order valence-corrected chi connectivity index (χ3v) is 7.00. The van der Waals surface area contributed by atoms with Crippen molar-refractivity contribution in [1.82, 2.24) is 19.7 Å². The van der Waals surface area contributed by atoms with Gasteiger partial charge in [-0.25, -0.2) is 14.4 Å². The molecule has 154 valence electrons. The van der Waals surface area contributed by atoms with Crippen molar-refractivity contribution in [2.45, 2.75) is 13.5 Å². The summed E-state index contributed by atoms with van der Waals surface area (Å²) in [5.41, 5.74) is 4.30. The van der Waals surface area contributed by atoms with Gasteiger partial charge in [0.25, 0.3) is 5.91 Å². The van der Waals surface area contributed by atoms with E-state index in [-0.39, 0.29) is 11.7 Å². The zero-order valence-corrected chi connectivity index (χ0v) is 18.1. The lowest BCUT2D eigenvalue weighted by Crippen LogP contribution is -2.22. The highest BCUT2D eigenvalue weighted by atomic mass is 32.1. The van der Waals surface area contributed by atoms with Crippen molar-refractivity contribution in [3.8, 4) is 21.8 Å². The Morgan fingerprint density at radius 2 is 1.84 bits per heavy atom. The zero-order chi connectivity index (χ0) is 21.4. The number of halogens is 1. The van der Waals surface area contributed by atoms with Gasteiger partial charge in [-0.15, -0.1) is 11.3 Å². The van der Waals surface area contributed by atoms with E-state index in [4.69, 9.17) is 0 Å². The van der Waals surface area contributed by atoms with Gasteiger partial charge in [0.2, 0.25) is 0 Å². The summed E-state index contributed by atoms with van der Waals surface area (Å²) in [6.07, 6.45) is 1.87. The summed E-state index contributed by atoms with van der Waals surface area (Å²) in [5, 5.41) is 5.86. The molecule has 0 saturated carbocycles. The Kier molecular flexibility index (Phi) is 5.09. The maximum absolute atomic E-state index is 13.2. The number of carbonyl (C=O) groups excluding carboxylic acids is 1. The van der Waals surface area contributed by atoms with Gasteiger partial charge in [-0.2, -0.15) is 0 Å². The molecule has 0 aliphatic rings. The molecular weight excluding hydrogens is 431 g/mol. The van der Waals surface area contributed by atoms with Crippen LogP contribution in [0.1, 0.15) is 21.1 Å². The summed E-state index contributed by atoms with van der Waals surface area (Å²) in [6, 6.07) is 16.2. The van der Waals surface area contributed by atoms with Gasteiger partial charge in [-0.1, -0.05) is 41.7 Å². The second-order valence-electron chi connectivity index (χ2n) is 6.99. The molecule has 0 aliphatic carbocycles. The Labute approximate surface area is 185 Å². The van der Waals surface area contributed by atoms with E-state index in [1.165, 1.54) is 23.5 Å². The fourth-order valence-electron chi connectivity index (χ4n) is 3.27. The van der Waals surface area contributed by atoms with Crippen LogP contribution in [-0.2, 0) is 6.54 Å². The molecule has 2 aromatic carbocycles. The minimum absolute atomic E-state index is 0.148. The normalized spacial score (nSPS) is 11.2. The Bertz CT molecular complexity index is 1370. The molecule has 1 N–H and O–H groups in total. The van der Waals surface area contributed by atoms with Crippen molar-refractivity contribution in [3.05, 3.63) is 88.3 Å². The largest absolute Gasteiger partial charge is 0.346 e. The number of thiazole rings is 2. The van der Waals surface area contributed by atoms with Gasteiger partial charge in [0, 0.05) is 28.4 Å². The second-order valence-corrected chi connectivity index (χ2v) is 8.83. The molecule has 0 unspecified atom stereocenters. The number of aryl methyl sites for hydroxylation is 1. The Hall–Kier alpha value is -3.36. The molecule has 5 nitrogen and oxygen atoms in total. The molecule has 8 heteroatoms. The first kappa shape index (κ1) is 19.6. The zero-order valence-electron chi connectivity index (χ0n) is 16.5. The van der Waals surface area contributed by atoms with Gasteiger partial charge in [-0.3, -0.25) is 9.20 Å². The van der Waals surface area contributed by atoms with Crippen LogP contribution in [0.15, 0.2) is 66.2 Å². The van der Waals surface area contributed by atoms with Crippen LogP contribution in [0.5, 0.6) is 0 Å². The van der Waals surface area contributed by atoms with Gasteiger partial charge < -0.3 is 5.32 Å². The number of benzene rings is 2. The average Bonchev–Trinajstić information content (AvgIpc) is 3.50. The van der Waals surface area contributed by atoms with E-state index in [1.54, 1.807) is 23.5 Å². The summed E-state index contributed by atoms with van der Waals surface area (Å²) in [6.45, 7) is 2.26. The van der Waals surface area contributed by atoms with Crippen molar-refractivity contribution in [1.29, 1.82) is 0 Å². The lowest BCUT2D eigenvalue weighted by Gasteiger charge is -2.02. The van der Waals surface area contributed by atoms with Crippen LogP contribution < -0.4 is 5.32 Å². The first-order chi connectivity index (χ1) is 15.1. The summed E-state index contributed by atoms with van der Waals surface area (Å²) in [5.74, 6) is -0.429. The minimum atomic E-state index is -0.282. The first-order valence-corrected chi connectivity index (χ1v) is 11.3. The van der Waals surface area contributed by atoms with E-state index < -0.39 is 0 Å². The number of carbonyl (C=O) groups is 1. The molecular formula is C23H17FN4OS2. The van der Waals surface area contributed by atoms with Crippen LogP contribution in [0.3, 0.4) is 0 Å². The summed E-state index contributed by atoms with van der Waals surface area (Å²) < 4.78 is 15.1. The number of hydrogen-bond donors (Lipinski definition) is 1. The van der Waals surface area contributed by atoms with Crippen molar-refractivity contribution in [3.63, 3.8) is 0 Å². The van der Waals surface area contributed by atoms with E-state index in [0.717, 1.165) is 38.2 Å². The SMILES string of the molecule is Cc1c(C(=O)NCc2csc(-c3ccccc3)n2)sc2nc(-c3ccc(F)cc3)cn12.